The highest BCUT2D eigenvalue weighted by Crippen LogP contribution is 2.39. The van der Waals surface area contributed by atoms with Gasteiger partial charge in [0.1, 0.15) is 0 Å². The van der Waals surface area contributed by atoms with E-state index in [9.17, 15) is 14.4 Å². The van der Waals surface area contributed by atoms with E-state index in [0.29, 0.717) is 30.6 Å². The zero-order valence-electron chi connectivity index (χ0n) is 19.7. The molecular formula is C23H33N2O5S2+. The molecule has 0 saturated heterocycles. The number of esters is 2. The number of carbonyl (C=O) groups is 3. The SMILES string of the molecule is CCOC(=O)C[N+](C)(C)CCNC(=O)Cc1cc(-c2sc(C)cc2CC(=O)OC)sc1C. The Labute approximate surface area is 197 Å². The molecule has 0 fully saturated rings. The minimum atomic E-state index is -0.263. The van der Waals surface area contributed by atoms with Crippen molar-refractivity contribution < 1.29 is 28.3 Å². The van der Waals surface area contributed by atoms with Gasteiger partial charge in [-0.1, -0.05) is 0 Å². The second-order valence-electron chi connectivity index (χ2n) is 8.31. The smallest absolute Gasteiger partial charge is 0.361 e. The Morgan fingerprint density at radius 2 is 1.75 bits per heavy atom. The summed E-state index contributed by atoms with van der Waals surface area (Å²) in [5.74, 6) is -0.549. The van der Waals surface area contributed by atoms with E-state index in [1.54, 1.807) is 29.6 Å². The van der Waals surface area contributed by atoms with Crippen molar-refractivity contribution in [2.45, 2.75) is 33.6 Å². The monoisotopic (exact) mass is 481 g/mol. The Hall–Kier alpha value is -2.23. The first-order valence-corrected chi connectivity index (χ1v) is 12.2. The van der Waals surface area contributed by atoms with Gasteiger partial charge in [0.15, 0.2) is 6.54 Å². The molecule has 0 aliphatic heterocycles. The van der Waals surface area contributed by atoms with Crippen LogP contribution in [0.1, 0.15) is 27.8 Å². The van der Waals surface area contributed by atoms with Crippen molar-refractivity contribution in [1.82, 2.24) is 5.32 Å². The Morgan fingerprint density at radius 3 is 2.41 bits per heavy atom. The van der Waals surface area contributed by atoms with Crippen molar-refractivity contribution in [3.05, 3.63) is 33.0 Å². The molecule has 0 unspecified atom stereocenters. The first-order chi connectivity index (χ1) is 15.0. The predicted octanol–water partition coefficient (Wildman–Crippen LogP) is 3.11. The molecule has 2 heterocycles. The van der Waals surface area contributed by atoms with Crippen LogP contribution < -0.4 is 5.32 Å². The van der Waals surface area contributed by atoms with Gasteiger partial charge in [0.25, 0.3) is 0 Å². The summed E-state index contributed by atoms with van der Waals surface area (Å²) in [5.41, 5.74) is 1.94. The molecule has 1 N–H and O–H groups in total. The van der Waals surface area contributed by atoms with E-state index >= 15 is 0 Å². The maximum Gasteiger partial charge on any atom is 0.361 e. The minimum absolute atomic E-state index is 0.0503. The Bertz CT molecular complexity index is 962. The molecule has 0 atom stereocenters. The van der Waals surface area contributed by atoms with Gasteiger partial charge in [-0.05, 0) is 44.0 Å². The number of likely N-dealkylation sites (N-methyl/N-ethyl adjacent to an activating group) is 1. The fourth-order valence-corrected chi connectivity index (χ4v) is 5.52. The molecule has 176 valence electrons. The third-order valence-electron chi connectivity index (χ3n) is 4.99. The Morgan fingerprint density at radius 1 is 1.03 bits per heavy atom. The van der Waals surface area contributed by atoms with E-state index in [0.717, 1.165) is 30.6 Å². The molecular weight excluding hydrogens is 448 g/mol. The van der Waals surface area contributed by atoms with Gasteiger partial charge in [0.05, 0.1) is 53.7 Å². The van der Waals surface area contributed by atoms with Crippen LogP contribution in [-0.4, -0.2) is 69.8 Å². The maximum atomic E-state index is 12.5. The average Bonchev–Trinajstić information content (AvgIpc) is 3.23. The zero-order valence-corrected chi connectivity index (χ0v) is 21.3. The van der Waals surface area contributed by atoms with E-state index in [2.05, 4.69) is 5.32 Å². The average molecular weight is 482 g/mol. The molecule has 9 heteroatoms. The van der Waals surface area contributed by atoms with Gasteiger partial charge in [0, 0.05) is 19.5 Å². The van der Waals surface area contributed by atoms with Gasteiger partial charge in [0.2, 0.25) is 5.91 Å². The summed E-state index contributed by atoms with van der Waals surface area (Å²) >= 11 is 3.28. The third-order valence-corrected chi connectivity index (χ3v) is 7.36. The number of ether oxygens (including phenoxy) is 2. The van der Waals surface area contributed by atoms with E-state index in [4.69, 9.17) is 9.47 Å². The van der Waals surface area contributed by atoms with Crippen molar-refractivity contribution >= 4 is 40.5 Å². The maximum absolute atomic E-state index is 12.5. The quantitative estimate of drug-likeness (QED) is 0.394. The van der Waals surface area contributed by atoms with E-state index < -0.39 is 0 Å². The van der Waals surface area contributed by atoms with Crippen LogP contribution in [-0.2, 0) is 36.7 Å². The summed E-state index contributed by atoms with van der Waals surface area (Å²) in [6, 6.07) is 4.07. The van der Waals surface area contributed by atoms with Crippen LogP contribution in [0.3, 0.4) is 0 Å². The minimum Gasteiger partial charge on any atom is -0.469 e. The molecule has 0 aliphatic carbocycles. The van der Waals surface area contributed by atoms with Crippen LogP contribution >= 0.6 is 22.7 Å². The van der Waals surface area contributed by atoms with Crippen LogP contribution in [0.2, 0.25) is 0 Å². The van der Waals surface area contributed by atoms with Gasteiger partial charge in [-0.15, -0.1) is 22.7 Å². The number of rotatable bonds is 11. The number of amides is 1. The first-order valence-electron chi connectivity index (χ1n) is 10.5. The first kappa shape index (κ1) is 26.0. The van der Waals surface area contributed by atoms with Gasteiger partial charge < -0.3 is 19.3 Å². The molecule has 1 amide bonds. The fourth-order valence-electron chi connectivity index (χ4n) is 3.31. The van der Waals surface area contributed by atoms with Crippen LogP contribution in [0.4, 0.5) is 0 Å². The number of quaternary nitrogens is 1. The number of hydrogen-bond donors (Lipinski definition) is 1. The zero-order chi connectivity index (χ0) is 23.9. The number of nitrogens with one attached hydrogen (secondary N) is 1. The van der Waals surface area contributed by atoms with Crippen molar-refractivity contribution in [2.75, 3.05) is 47.4 Å². The van der Waals surface area contributed by atoms with Crippen LogP contribution in [0, 0.1) is 13.8 Å². The number of aryl methyl sites for hydroxylation is 2. The van der Waals surface area contributed by atoms with E-state index in [1.165, 1.54) is 7.11 Å². The summed E-state index contributed by atoms with van der Waals surface area (Å²) in [4.78, 5) is 40.3. The summed E-state index contributed by atoms with van der Waals surface area (Å²) < 4.78 is 10.3. The molecule has 2 aromatic rings. The molecule has 2 rings (SSSR count). The second-order valence-corrected chi connectivity index (χ2v) is 10.8. The summed E-state index contributed by atoms with van der Waals surface area (Å²) in [6.07, 6.45) is 0.535. The lowest BCUT2D eigenvalue weighted by atomic mass is 10.1. The Balaban J connectivity index is 1.97. The molecule has 0 spiro atoms. The molecule has 2 aromatic heterocycles. The number of carbonyl (C=O) groups excluding carboxylic acids is 3. The summed E-state index contributed by atoms with van der Waals surface area (Å²) in [5, 5.41) is 2.96. The molecule has 0 radical (unpaired) electrons. The van der Waals surface area contributed by atoms with Crippen LogP contribution in [0.25, 0.3) is 9.75 Å². The molecule has 32 heavy (non-hydrogen) atoms. The lowest BCUT2D eigenvalue weighted by Crippen LogP contribution is -2.48. The standard InChI is InChI=1S/C23H32N2O5S2/c1-7-30-22(28)14-25(4,5)9-8-24-20(26)12-17-11-19(32-16(17)3)23-18(10-15(2)31-23)13-21(27)29-6/h10-11H,7-9,12-14H2,1-6H3/p+1. The molecule has 0 bridgehead atoms. The van der Waals surface area contributed by atoms with Gasteiger partial charge in [-0.3, -0.25) is 9.59 Å². The molecule has 0 aliphatic rings. The number of hydrogen-bond acceptors (Lipinski definition) is 7. The lowest BCUT2D eigenvalue weighted by Gasteiger charge is -2.28. The third kappa shape index (κ3) is 7.72. The lowest BCUT2D eigenvalue weighted by molar-refractivity contribution is -0.881. The molecule has 0 aromatic carbocycles. The molecule has 7 nitrogen and oxygen atoms in total. The van der Waals surface area contributed by atoms with E-state index in [-0.39, 0.29) is 30.8 Å². The topological polar surface area (TPSA) is 81.7 Å². The highest BCUT2D eigenvalue weighted by atomic mass is 32.1. The van der Waals surface area contributed by atoms with Crippen LogP contribution in [0.5, 0.6) is 0 Å². The predicted molar refractivity (Wildman–Crippen MR) is 128 cm³/mol. The normalized spacial score (nSPS) is 11.3. The summed E-state index contributed by atoms with van der Waals surface area (Å²) in [6.45, 7) is 7.56. The van der Waals surface area contributed by atoms with Crippen molar-refractivity contribution in [3.63, 3.8) is 0 Å². The van der Waals surface area contributed by atoms with Crippen molar-refractivity contribution in [2.24, 2.45) is 0 Å². The van der Waals surface area contributed by atoms with Gasteiger partial charge in [-0.25, -0.2) is 4.79 Å². The molecule has 0 saturated carbocycles. The second kappa shape index (κ2) is 11.6. The van der Waals surface area contributed by atoms with Crippen molar-refractivity contribution in [3.8, 4) is 9.75 Å². The van der Waals surface area contributed by atoms with Gasteiger partial charge >= 0.3 is 11.9 Å². The fraction of sp³-hybridized carbons (Fsp3) is 0.522. The van der Waals surface area contributed by atoms with Crippen LogP contribution in [0.15, 0.2) is 12.1 Å². The largest absolute Gasteiger partial charge is 0.469 e. The number of methoxy groups -OCH3 is 1. The van der Waals surface area contributed by atoms with E-state index in [1.807, 2.05) is 40.1 Å². The number of nitrogens with zero attached hydrogens (tertiary/aromatic N) is 1. The Kier molecular flexibility index (Phi) is 9.42. The van der Waals surface area contributed by atoms with Gasteiger partial charge in [-0.2, -0.15) is 0 Å². The van der Waals surface area contributed by atoms with Crippen molar-refractivity contribution in [1.29, 1.82) is 0 Å². The highest BCUT2D eigenvalue weighted by molar-refractivity contribution is 7.22. The number of thiophene rings is 2. The summed E-state index contributed by atoms with van der Waals surface area (Å²) in [7, 11) is 5.27. The highest BCUT2D eigenvalue weighted by Gasteiger charge is 2.21.